The van der Waals surface area contributed by atoms with Crippen molar-refractivity contribution in [3.8, 4) is 0 Å². The van der Waals surface area contributed by atoms with Gasteiger partial charge < -0.3 is 10.4 Å². The summed E-state index contributed by atoms with van der Waals surface area (Å²) in [5.74, 6) is 0.131. The molecule has 1 aliphatic rings. The minimum absolute atomic E-state index is 0.184. The molecule has 0 saturated carbocycles. The van der Waals surface area contributed by atoms with Gasteiger partial charge in [0.15, 0.2) is 0 Å². The Labute approximate surface area is 123 Å². The molecule has 1 atom stereocenters. The molecule has 1 aliphatic heterocycles. The molecule has 4 nitrogen and oxygen atoms in total. The van der Waals surface area contributed by atoms with Crippen LogP contribution in [0, 0.1) is 6.92 Å². The number of aliphatic carboxylic acids is 1. The van der Waals surface area contributed by atoms with Crippen molar-refractivity contribution in [2.45, 2.75) is 31.7 Å². The third-order valence-corrected chi connectivity index (χ3v) is 4.72. The first kappa shape index (κ1) is 14.9. The molecule has 1 fully saturated rings. The van der Waals surface area contributed by atoms with Crippen LogP contribution in [0.2, 0.25) is 0 Å². The van der Waals surface area contributed by atoms with E-state index in [-0.39, 0.29) is 5.91 Å². The van der Waals surface area contributed by atoms with Crippen molar-refractivity contribution in [1.29, 1.82) is 0 Å². The highest BCUT2D eigenvalue weighted by molar-refractivity contribution is 7.99. The molecule has 5 heteroatoms. The SMILES string of the molecule is Cc1cccc(CCC(=O)N[C@]2(C(=O)O)CCSC2)c1. The number of thioether (sulfide) groups is 1. The molecule has 0 aromatic heterocycles. The maximum Gasteiger partial charge on any atom is 0.330 e. The van der Waals surface area contributed by atoms with Crippen molar-refractivity contribution >= 4 is 23.6 Å². The van der Waals surface area contributed by atoms with E-state index in [4.69, 9.17) is 0 Å². The van der Waals surface area contributed by atoms with Crippen molar-refractivity contribution in [2.75, 3.05) is 11.5 Å². The van der Waals surface area contributed by atoms with E-state index in [2.05, 4.69) is 5.32 Å². The number of carbonyl (C=O) groups excluding carboxylic acids is 1. The number of benzene rings is 1. The molecular weight excluding hydrogens is 274 g/mol. The molecule has 0 radical (unpaired) electrons. The molecule has 108 valence electrons. The summed E-state index contributed by atoms with van der Waals surface area (Å²) in [6, 6.07) is 8.01. The number of amides is 1. The number of carboxylic acid groups (broad SMARTS) is 1. The van der Waals surface area contributed by atoms with E-state index in [1.165, 1.54) is 0 Å². The lowest BCUT2D eigenvalue weighted by Crippen LogP contribution is -2.54. The molecule has 1 aromatic carbocycles. The summed E-state index contributed by atoms with van der Waals surface area (Å²) in [7, 11) is 0. The van der Waals surface area contributed by atoms with Crippen molar-refractivity contribution in [1.82, 2.24) is 5.32 Å². The van der Waals surface area contributed by atoms with Gasteiger partial charge in [0, 0.05) is 12.2 Å². The summed E-state index contributed by atoms with van der Waals surface area (Å²) < 4.78 is 0. The first-order chi connectivity index (χ1) is 9.52. The second kappa shape index (κ2) is 6.31. The number of carbonyl (C=O) groups is 2. The van der Waals surface area contributed by atoms with E-state index >= 15 is 0 Å². The topological polar surface area (TPSA) is 66.4 Å². The molecule has 2 rings (SSSR count). The van der Waals surface area contributed by atoms with Crippen LogP contribution >= 0.6 is 11.8 Å². The second-order valence-corrected chi connectivity index (χ2v) is 6.33. The maximum atomic E-state index is 12.0. The van der Waals surface area contributed by atoms with Gasteiger partial charge >= 0.3 is 5.97 Å². The van der Waals surface area contributed by atoms with E-state index < -0.39 is 11.5 Å². The fourth-order valence-corrected chi connectivity index (χ4v) is 3.67. The minimum atomic E-state index is -1.06. The number of aryl methyl sites for hydroxylation is 2. The van der Waals surface area contributed by atoms with Gasteiger partial charge in [-0.05, 0) is 31.1 Å². The van der Waals surface area contributed by atoms with E-state index in [9.17, 15) is 14.7 Å². The minimum Gasteiger partial charge on any atom is -0.479 e. The zero-order chi connectivity index (χ0) is 14.6. The van der Waals surface area contributed by atoms with Crippen molar-refractivity contribution < 1.29 is 14.7 Å². The summed E-state index contributed by atoms with van der Waals surface area (Å²) in [6.07, 6.45) is 1.46. The third kappa shape index (κ3) is 3.54. The van der Waals surface area contributed by atoms with E-state index in [0.717, 1.165) is 16.9 Å². The van der Waals surface area contributed by atoms with Crippen LogP contribution in [0.1, 0.15) is 24.0 Å². The Balaban J connectivity index is 1.90. The van der Waals surface area contributed by atoms with E-state index in [1.807, 2.05) is 31.2 Å². The second-order valence-electron chi connectivity index (χ2n) is 5.23. The lowest BCUT2D eigenvalue weighted by atomic mass is 9.98. The molecule has 0 bridgehead atoms. The fourth-order valence-electron chi connectivity index (χ4n) is 2.34. The van der Waals surface area contributed by atoms with Gasteiger partial charge in [-0.3, -0.25) is 4.79 Å². The van der Waals surface area contributed by atoms with Crippen LogP contribution in [0.25, 0.3) is 0 Å². The smallest absolute Gasteiger partial charge is 0.330 e. The summed E-state index contributed by atoms with van der Waals surface area (Å²) in [4.78, 5) is 23.3. The van der Waals surface area contributed by atoms with Gasteiger partial charge in [0.1, 0.15) is 5.54 Å². The first-order valence-electron chi connectivity index (χ1n) is 6.69. The fraction of sp³-hybridized carbons (Fsp3) is 0.467. The summed E-state index contributed by atoms with van der Waals surface area (Å²) in [6.45, 7) is 2.01. The molecule has 1 heterocycles. The molecule has 1 saturated heterocycles. The van der Waals surface area contributed by atoms with Crippen LogP contribution in [0.3, 0.4) is 0 Å². The normalized spacial score (nSPS) is 21.6. The van der Waals surface area contributed by atoms with E-state index in [0.29, 0.717) is 25.0 Å². The summed E-state index contributed by atoms with van der Waals surface area (Å²) in [5, 5.41) is 12.0. The van der Waals surface area contributed by atoms with Gasteiger partial charge in [0.05, 0.1) is 0 Å². The molecule has 0 aliphatic carbocycles. The Bertz CT molecular complexity index is 510. The number of carboxylic acids is 1. The lowest BCUT2D eigenvalue weighted by molar-refractivity contribution is -0.146. The van der Waals surface area contributed by atoms with Crippen LogP contribution < -0.4 is 5.32 Å². The number of hydrogen-bond donors (Lipinski definition) is 2. The third-order valence-electron chi connectivity index (χ3n) is 3.53. The Morgan fingerprint density at radius 1 is 1.45 bits per heavy atom. The average molecular weight is 293 g/mol. The standard InChI is InChI=1S/C15H19NO3S/c1-11-3-2-4-12(9-11)5-6-13(17)16-15(14(18)19)7-8-20-10-15/h2-4,9H,5-8,10H2,1H3,(H,16,17)(H,18,19)/t15-/m1/s1. The van der Waals surface area contributed by atoms with Crippen LogP contribution in [0.15, 0.2) is 24.3 Å². The number of hydrogen-bond acceptors (Lipinski definition) is 3. The Morgan fingerprint density at radius 3 is 2.85 bits per heavy atom. The predicted octanol–water partition coefficient (Wildman–Crippen LogP) is 2.00. The lowest BCUT2D eigenvalue weighted by Gasteiger charge is -2.24. The average Bonchev–Trinajstić information content (AvgIpc) is 2.86. The van der Waals surface area contributed by atoms with Gasteiger partial charge in [0.2, 0.25) is 5.91 Å². The first-order valence-corrected chi connectivity index (χ1v) is 7.85. The van der Waals surface area contributed by atoms with Gasteiger partial charge in [0.25, 0.3) is 0 Å². The van der Waals surface area contributed by atoms with Crippen LogP contribution in [0.4, 0.5) is 0 Å². The van der Waals surface area contributed by atoms with Crippen LogP contribution in [0.5, 0.6) is 0 Å². The largest absolute Gasteiger partial charge is 0.479 e. The zero-order valence-electron chi connectivity index (χ0n) is 11.5. The number of nitrogens with one attached hydrogen (secondary N) is 1. The quantitative estimate of drug-likeness (QED) is 0.871. The van der Waals surface area contributed by atoms with Crippen molar-refractivity contribution in [3.63, 3.8) is 0 Å². The zero-order valence-corrected chi connectivity index (χ0v) is 12.3. The molecule has 20 heavy (non-hydrogen) atoms. The Hall–Kier alpha value is -1.49. The highest BCUT2D eigenvalue weighted by Gasteiger charge is 2.43. The monoisotopic (exact) mass is 293 g/mol. The molecule has 2 N–H and O–H groups in total. The molecule has 0 spiro atoms. The number of rotatable bonds is 5. The predicted molar refractivity (Wildman–Crippen MR) is 80.0 cm³/mol. The van der Waals surface area contributed by atoms with Crippen molar-refractivity contribution in [2.24, 2.45) is 0 Å². The van der Waals surface area contributed by atoms with E-state index in [1.54, 1.807) is 11.8 Å². The van der Waals surface area contributed by atoms with Gasteiger partial charge in [-0.25, -0.2) is 4.79 Å². The van der Waals surface area contributed by atoms with Crippen molar-refractivity contribution in [3.05, 3.63) is 35.4 Å². The summed E-state index contributed by atoms with van der Waals surface area (Å²) in [5.41, 5.74) is 1.20. The molecular formula is C15H19NO3S. The Kier molecular flexibility index (Phi) is 4.70. The molecule has 0 unspecified atom stereocenters. The van der Waals surface area contributed by atoms with Crippen LogP contribution in [-0.2, 0) is 16.0 Å². The highest BCUT2D eigenvalue weighted by Crippen LogP contribution is 2.28. The summed E-state index contributed by atoms with van der Waals surface area (Å²) >= 11 is 1.57. The maximum absolute atomic E-state index is 12.0. The van der Waals surface area contributed by atoms with Gasteiger partial charge in [-0.2, -0.15) is 11.8 Å². The molecule has 1 amide bonds. The Morgan fingerprint density at radius 2 is 2.25 bits per heavy atom. The van der Waals surface area contributed by atoms with Gasteiger partial charge in [-0.1, -0.05) is 29.8 Å². The van der Waals surface area contributed by atoms with Gasteiger partial charge in [-0.15, -0.1) is 0 Å². The molecule has 1 aromatic rings. The van der Waals surface area contributed by atoms with Crippen LogP contribution in [-0.4, -0.2) is 34.0 Å². The highest BCUT2D eigenvalue weighted by atomic mass is 32.2.